The summed E-state index contributed by atoms with van der Waals surface area (Å²) >= 11 is 0. The van der Waals surface area contributed by atoms with Gasteiger partial charge < -0.3 is 14.8 Å². The highest BCUT2D eigenvalue weighted by Crippen LogP contribution is 2.59. The van der Waals surface area contributed by atoms with Crippen LogP contribution in [0.4, 0.5) is 0 Å². The molecule has 4 atom stereocenters. The Bertz CT molecular complexity index is 686. The molecule has 3 aliphatic rings. The lowest BCUT2D eigenvalue weighted by Gasteiger charge is -2.48. The number of hydrogen-bond donors (Lipinski definition) is 2. The van der Waals surface area contributed by atoms with Gasteiger partial charge in [-0.3, -0.25) is 4.79 Å². The molecule has 24 heavy (non-hydrogen) atoms. The standard InChI is InChI=1S/C19H25BO4/c1-19-8-7-12-13(15(19)5-6-18(19)21)4-3-11-9-17(24-2)16(20(22)23)10-14(11)12/h9-10,12-13,15,22-23H,3-8H2,1-2H3/t12-,13+,15-,19-/m0/s1. The predicted octanol–water partition coefficient (Wildman–Crippen LogP) is 1.80. The second kappa shape index (κ2) is 5.60. The van der Waals surface area contributed by atoms with E-state index >= 15 is 0 Å². The van der Waals surface area contributed by atoms with Gasteiger partial charge in [0, 0.05) is 17.3 Å². The van der Waals surface area contributed by atoms with E-state index in [0.717, 1.165) is 38.5 Å². The summed E-state index contributed by atoms with van der Waals surface area (Å²) in [5.41, 5.74) is 2.85. The summed E-state index contributed by atoms with van der Waals surface area (Å²) < 4.78 is 5.34. The number of benzene rings is 1. The molecule has 4 nitrogen and oxygen atoms in total. The predicted molar refractivity (Wildman–Crippen MR) is 92.4 cm³/mol. The average molecular weight is 328 g/mol. The third-order valence-corrected chi connectivity index (χ3v) is 7.06. The molecule has 0 spiro atoms. The molecule has 0 amide bonds. The summed E-state index contributed by atoms with van der Waals surface area (Å²) in [5.74, 6) is 2.47. The van der Waals surface area contributed by atoms with Crippen molar-refractivity contribution in [2.24, 2.45) is 17.3 Å². The largest absolute Gasteiger partial charge is 0.497 e. The highest BCUT2D eigenvalue weighted by Gasteiger charge is 2.54. The Kier molecular flexibility index (Phi) is 3.77. The molecule has 3 aliphatic carbocycles. The maximum Gasteiger partial charge on any atom is 0.492 e. The number of rotatable bonds is 2. The van der Waals surface area contributed by atoms with Gasteiger partial charge in [-0.05, 0) is 67.1 Å². The van der Waals surface area contributed by atoms with E-state index in [1.54, 1.807) is 7.11 Å². The number of ketones is 1. The van der Waals surface area contributed by atoms with Crippen molar-refractivity contribution in [1.29, 1.82) is 0 Å². The van der Waals surface area contributed by atoms with E-state index < -0.39 is 7.12 Å². The van der Waals surface area contributed by atoms with Crippen LogP contribution in [0.15, 0.2) is 12.1 Å². The van der Waals surface area contributed by atoms with Crippen LogP contribution in [0.25, 0.3) is 0 Å². The minimum absolute atomic E-state index is 0.121. The first kappa shape index (κ1) is 16.2. The topological polar surface area (TPSA) is 66.8 Å². The minimum atomic E-state index is -1.52. The zero-order valence-corrected chi connectivity index (χ0v) is 14.4. The van der Waals surface area contributed by atoms with Crippen molar-refractivity contribution < 1.29 is 19.6 Å². The van der Waals surface area contributed by atoms with Crippen LogP contribution in [0.1, 0.15) is 56.1 Å². The highest BCUT2D eigenvalue weighted by atomic mass is 16.5. The lowest BCUT2D eigenvalue weighted by molar-refractivity contribution is -0.129. The lowest BCUT2D eigenvalue weighted by Crippen LogP contribution is -2.43. The number of aryl methyl sites for hydroxylation is 1. The van der Waals surface area contributed by atoms with E-state index in [-0.39, 0.29) is 5.41 Å². The SMILES string of the molecule is COc1cc2c(cc1B(O)O)[C@H]1CC[C@]3(C)C(=O)CC[C@H]3[C@@H]1CC2. The van der Waals surface area contributed by atoms with Gasteiger partial charge in [-0.1, -0.05) is 13.0 Å². The molecule has 0 bridgehead atoms. The van der Waals surface area contributed by atoms with Gasteiger partial charge in [-0.2, -0.15) is 0 Å². The summed E-state index contributed by atoms with van der Waals surface area (Å²) in [5, 5.41) is 19.4. The normalized spacial score (nSPS) is 34.3. The van der Waals surface area contributed by atoms with Crippen molar-refractivity contribution >= 4 is 18.4 Å². The smallest absolute Gasteiger partial charge is 0.492 e. The van der Waals surface area contributed by atoms with Crippen LogP contribution in [0, 0.1) is 17.3 Å². The fraction of sp³-hybridized carbons (Fsp3) is 0.632. The number of hydrogen-bond acceptors (Lipinski definition) is 4. The fourth-order valence-corrected chi connectivity index (χ4v) is 5.77. The van der Waals surface area contributed by atoms with Gasteiger partial charge in [0.2, 0.25) is 0 Å². The van der Waals surface area contributed by atoms with Crippen LogP contribution in [0.3, 0.4) is 0 Å². The molecule has 2 fully saturated rings. The summed E-state index contributed by atoms with van der Waals surface area (Å²) in [6.45, 7) is 2.18. The Morgan fingerprint density at radius 2 is 2.00 bits per heavy atom. The van der Waals surface area contributed by atoms with Gasteiger partial charge in [0.15, 0.2) is 0 Å². The van der Waals surface area contributed by atoms with Crippen molar-refractivity contribution in [3.8, 4) is 5.75 Å². The van der Waals surface area contributed by atoms with Crippen LogP contribution >= 0.6 is 0 Å². The summed E-state index contributed by atoms with van der Waals surface area (Å²) in [7, 11) is 0.0441. The first-order chi connectivity index (χ1) is 11.5. The maximum atomic E-state index is 12.4. The van der Waals surface area contributed by atoms with E-state index in [2.05, 4.69) is 6.92 Å². The molecule has 1 aromatic rings. The van der Waals surface area contributed by atoms with Gasteiger partial charge in [0.1, 0.15) is 11.5 Å². The lowest BCUT2D eigenvalue weighted by atomic mass is 9.55. The molecule has 5 heteroatoms. The first-order valence-electron chi connectivity index (χ1n) is 9.06. The molecule has 128 valence electrons. The number of Topliss-reactive ketones (excluding diaryl/α,β-unsaturated/α-hetero) is 1. The Labute approximate surface area is 143 Å². The maximum absolute atomic E-state index is 12.4. The highest BCUT2D eigenvalue weighted by molar-refractivity contribution is 6.59. The third kappa shape index (κ3) is 2.17. The van der Waals surface area contributed by atoms with Gasteiger partial charge in [0.25, 0.3) is 0 Å². The molecule has 1 aromatic carbocycles. The van der Waals surface area contributed by atoms with E-state index in [0.29, 0.717) is 34.7 Å². The van der Waals surface area contributed by atoms with Gasteiger partial charge in [-0.15, -0.1) is 0 Å². The molecular weight excluding hydrogens is 303 g/mol. The minimum Gasteiger partial charge on any atom is -0.497 e. The van der Waals surface area contributed by atoms with Crippen LogP contribution in [0.5, 0.6) is 5.75 Å². The first-order valence-corrected chi connectivity index (χ1v) is 9.06. The van der Waals surface area contributed by atoms with E-state index in [4.69, 9.17) is 4.74 Å². The number of fused-ring (bicyclic) bond motifs is 5. The number of methoxy groups -OCH3 is 1. The van der Waals surface area contributed by atoms with Crippen LogP contribution in [-0.4, -0.2) is 30.1 Å². The van der Waals surface area contributed by atoms with Crippen LogP contribution < -0.4 is 10.2 Å². The van der Waals surface area contributed by atoms with Crippen LogP contribution in [0.2, 0.25) is 0 Å². The third-order valence-electron chi connectivity index (χ3n) is 7.06. The molecule has 0 heterocycles. The van der Waals surface area contributed by atoms with Gasteiger partial charge in [-0.25, -0.2) is 0 Å². The van der Waals surface area contributed by atoms with Crippen molar-refractivity contribution in [2.45, 2.75) is 51.4 Å². The molecule has 0 saturated heterocycles. The molecule has 0 aromatic heterocycles. The monoisotopic (exact) mass is 328 g/mol. The van der Waals surface area contributed by atoms with Crippen molar-refractivity contribution in [3.05, 3.63) is 23.3 Å². The van der Waals surface area contributed by atoms with Crippen LogP contribution in [-0.2, 0) is 11.2 Å². The molecule has 2 N–H and O–H groups in total. The Hall–Kier alpha value is -1.33. The Morgan fingerprint density at radius 3 is 2.71 bits per heavy atom. The quantitative estimate of drug-likeness (QED) is 0.813. The second-order valence-electron chi connectivity index (χ2n) is 8.00. The molecule has 0 unspecified atom stereocenters. The van der Waals surface area contributed by atoms with Gasteiger partial charge >= 0.3 is 7.12 Å². The summed E-state index contributed by atoms with van der Waals surface area (Å²) in [6, 6.07) is 3.92. The zero-order chi connectivity index (χ0) is 17.1. The number of carbonyl (C=O) groups excluding carboxylic acids is 1. The van der Waals surface area contributed by atoms with Crippen molar-refractivity contribution in [3.63, 3.8) is 0 Å². The van der Waals surface area contributed by atoms with E-state index in [1.165, 1.54) is 11.1 Å². The zero-order valence-electron chi connectivity index (χ0n) is 14.4. The Balaban J connectivity index is 1.74. The average Bonchev–Trinajstić information content (AvgIpc) is 2.88. The molecule has 0 aliphatic heterocycles. The van der Waals surface area contributed by atoms with Gasteiger partial charge in [0.05, 0.1) is 7.11 Å². The molecule has 2 saturated carbocycles. The Morgan fingerprint density at radius 1 is 1.21 bits per heavy atom. The number of carbonyl (C=O) groups is 1. The van der Waals surface area contributed by atoms with E-state index in [1.807, 2.05) is 12.1 Å². The molecule has 4 rings (SSSR count). The summed E-state index contributed by atoms with van der Waals surface area (Å²) in [6.07, 6.45) is 5.84. The van der Waals surface area contributed by atoms with Crippen molar-refractivity contribution in [2.75, 3.05) is 7.11 Å². The second-order valence-corrected chi connectivity index (χ2v) is 8.00. The number of ether oxygens (including phenoxy) is 1. The molecule has 0 radical (unpaired) electrons. The fourth-order valence-electron chi connectivity index (χ4n) is 5.77. The molecular formula is C19H25BO4. The van der Waals surface area contributed by atoms with E-state index in [9.17, 15) is 14.8 Å². The summed E-state index contributed by atoms with van der Waals surface area (Å²) in [4.78, 5) is 12.4. The van der Waals surface area contributed by atoms with Crippen molar-refractivity contribution in [1.82, 2.24) is 0 Å².